The van der Waals surface area contributed by atoms with Gasteiger partial charge in [-0.3, -0.25) is 4.79 Å². The summed E-state index contributed by atoms with van der Waals surface area (Å²) in [7, 11) is 1.82. The van der Waals surface area contributed by atoms with Crippen LogP contribution in [0.3, 0.4) is 0 Å². The Hall–Kier alpha value is -2.80. The molecule has 2 heterocycles. The Morgan fingerprint density at radius 3 is 2.55 bits per heavy atom. The average Bonchev–Trinajstić information content (AvgIpc) is 2.75. The maximum Gasteiger partial charge on any atom is 0.277 e. The molecule has 0 radical (unpaired) electrons. The van der Waals surface area contributed by atoms with E-state index < -0.39 is 0 Å². The third-order valence-electron chi connectivity index (χ3n) is 5.53. The highest BCUT2D eigenvalue weighted by Crippen LogP contribution is 2.30. The fraction of sp³-hybridized carbons (Fsp3) is 0.409. The van der Waals surface area contributed by atoms with Crippen LogP contribution in [0.2, 0.25) is 0 Å². The number of fused-ring (bicyclic) bond motifs is 1. The molecule has 0 unspecified atom stereocenters. The molecule has 1 atom stereocenters. The molecule has 29 heavy (non-hydrogen) atoms. The molecular formula is C22H27FN3O3+. The Morgan fingerprint density at radius 1 is 1.14 bits per heavy atom. The van der Waals surface area contributed by atoms with Crippen LogP contribution < -0.4 is 19.3 Å². The topological polar surface area (TPSA) is 46.5 Å². The van der Waals surface area contributed by atoms with E-state index in [0.29, 0.717) is 19.7 Å². The number of hydrogen-bond donors (Lipinski definition) is 1. The van der Waals surface area contributed by atoms with Crippen LogP contribution in [0.25, 0.3) is 0 Å². The lowest BCUT2D eigenvalue weighted by atomic mass is 10.2. The van der Waals surface area contributed by atoms with Gasteiger partial charge in [-0.2, -0.15) is 0 Å². The van der Waals surface area contributed by atoms with E-state index in [1.807, 2.05) is 43.4 Å². The molecule has 0 spiro atoms. The van der Waals surface area contributed by atoms with Crippen molar-refractivity contribution in [2.24, 2.45) is 0 Å². The predicted molar refractivity (Wildman–Crippen MR) is 108 cm³/mol. The van der Waals surface area contributed by atoms with Crippen LogP contribution in [0.1, 0.15) is 0 Å². The minimum absolute atomic E-state index is 0.109. The minimum Gasteiger partial charge on any atom is -0.486 e. The molecule has 2 aromatic rings. The fourth-order valence-corrected chi connectivity index (χ4v) is 3.82. The Kier molecular flexibility index (Phi) is 5.85. The first-order valence-corrected chi connectivity index (χ1v) is 10.0. The van der Waals surface area contributed by atoms with Gasteiger partial charge in [0.2, 0.25) is 0 Å². The summed E-state index contributed by atoms with van der Waals surface area (Å²) in [5, 5.41) is 0. The number of nitrogens with one attached hydrogen (secondary N) is 1. The largest absolute Gasteiger partial charge is 0.486 e. The van der Waals surface area contributed by atoms with Crippen LogP contribution in [-0.2, 0) is 4.79 Å². The first-order valence-electron chi connectivity index (χ1n) is 10.0. The molecule has 2 aliphatic heterocycles. The zero-order valence-corrected chi connectivity index (χ0v) is 16.6. The third-order valence-corrected chi connectivity index (χ3v) is 5.53. The quantitative estimate of drug-likeness (QED) is 0.808. The van der Waals surface area contributed by atoms with Crippen LogP contribution >= 0.6 is 0 Å². The van der Waals surface area contributed by atoms with Crippen molar-refractivity contribution in [1.82, 2.24) is 4.90 Å². The molecule has 2 aromatic carbocycles. The first kappa shape index (κ1) is 19.5. The lowest BCUT2D eigenvalue weighted by Crippen LogP contribution is -3.15. The van der Waals surface area contributed by atoms with E-state index >= 15 is 0 Å². The third kappa shape index (κ3) is 4.79. The van der Waals surface area contributed by atoms with E-state index in [2.05, 4.69) is 4.90 Å². The number of quaternary nitrogens is 1. The molecule has 0 aromatic heterocycles. The molecule has 0 bridgehead atoms. The number of benzene rings is 2. The van der Waals surface area contributed by atoms with E-state index in [0.717, 1.165) is 43.4 Å². The van der Waals surface area contributed by atoms with Gasteiger partial charge < -0.3 is 24.2 Å². The van der Waals surface area contributed by atoms with Crippen LogP contribution in [-0.4, -0.2) is 69.8 Å². The summed E-state index contributed by atoms with van der Waals surface area (Å²) >= 11 is 0. The molecular weight excluding hydrogens is 373 g/mol. The van der Waals surface area contributed by atoms with E-state index in [1.165, 1.54) is 17.0 Å². The number of anilines is 1. The molecule has 154 valence electrons. The molecule has 1 amide bonds. The van der Waals surface area contributed by atoms with Crippen molar-refractivity contribution in [2.75, 3.05) is 57.8 Å². The summed E-state index contributed by atoms with van der Waals surface area (Å²) in [6, 6.07) is 14.2. The summed E-state index contributed by atoms with van der Waals surface area (Å²) in [5.41, 5.74) is 1.03. The van der Waals surface area contributed by atoms with Gasteiger partial charge >= 0.3 is 0 Å². The van der Waals surface area contributed by atoms with Crippen LogP contribution in [0.5, 0.6) is 11.5 Å². The molecule has 7 heteroatoms. The number of hydrogen-bond acceptors (Lipinski definition) is 4. The predicted octanol–water partition coefficient (Wildman–Crippen LogP) is 0.829. The van der Waals surface area contributed by atoms with Crippen LogP contribution in [0.15, 0.2) is 48.5 Å². The molecule has 6 nitrogen and oxygen atoms in total. The smallest absolute Gasteiger partial charge is 0.277 e. The van der Waals surface area contributed by atoms with Crippen molar-refractivity contribution < 1.29 is 23.6 Å². The Labute approximate surface area is 170 Å². The maximum atomic E-state index is 13.1. The summed E-state index contributed by atoms with van der Waals surface area (Å²) in [6.45, 7) is 4.89. The zero-order chi connectivity index (χ0) is 20.2. The second-order valence-electron chi connectivity index (χ2n) is 7.66. The first-order chi connectivity index (χ1) is 14.1. The number of halogens is 1. The van der Waals surface area contributed by atoms with Gasteiger partial charge in [-0.1, -0.05) is 12.1 Å². The van der Waals surface area contributed by atoms with Gasteiger partial charge in [0, 0.05) is 12.7 Å². The molecule has 1 fully saturated rings. The lowest BCUT2D eigenvalue weighted by molar-refractivity contribution is -0.892. The highest BCUT2D eigenvalue weighted by atomic mass is 19.1. The van der Waals surface area contributed by atoms with Crippen molar-refractivity contribution in [3.8, 4) is 11.5 Å². The van der Waals surface area contributed by atoms with Crippen LogP contribution in [0.4, 0.5) is 10.1 Å². The van der Waals surface area contributed by atoms with Gasteiger partial charge in [0.1, 0.15) is 12.4 Å². The maximum absolute atomic E-state index is 13.1. The van der Waals surface area contributed by atoms with E-state index in [9.17, 15) is 9.18 Å². The van der Waals surface area contributed by atoms with Crippen molar-refractivity contribution in [3.05, 3.63) is 54.3 Å². The number of amides is 1. The monoisotopic (exact) mass is 400 g/mol. The summed E-state index contributed by atoms with van der Waals surface area (Å²) < 4.78 is 24.8. The SMILES string of the molecule is CN(C[C@@H]1COc2ccccc2O1)C(=O)C[NH+]1CCN(c2ccc(F)cc2)CC1. The van der Waals surface area contributed by atoms with Crippen molar-refractivity contribution in [3.63, 3.8) is 0 Å². The summed E-state index contributed by atoms with van der Waals surface area (Å²) in [6.07, 6.45) is -0.163. The molecule has 1 saturated heterocycles. The number of piperazine rings is 1. The second-order valence-corrected chi connectivity index (χ2v) is 7.66. The lowest BCUT2D eigenvalue weighted by Gasteiger charge is -2.34. The van der Waals surface area contributed by atoms with Gasteiger partial charge in [-0.25, -0.2) is 4.39 Å². The highest BCUT2D eigenvalue weighted by Gasteiger charge is 2.27. The number of ether oxygens (including phenoxy) is 2. The number of carbonyl (C=O) groups is 1. The average molecular weight is 400 g/mol. The Bertz CT molecular complexity index is 837. The van der Waals surface area contributed by atoms with Gasteiger partial charge in [0.05, 0.1) is 32.7 Å². The van der Waals surface area contributed by atoms with Crippen LogP contribution in [0, 0.1) is 5.82 Å². The highest BCUT2D eigenvalue weighted by molar-refractivity contribution is 5.76. The molecule has 1 N–H and O–H groups in total. The van der Waals surface area contributed by atoms with Gasteiger partial charge in [0.25, 0.3) is 5.91 Å². The Balaban J connectivity index is 1.23. The van der Waals surface area contributed by atoms with Crippen molar-refractivity contribution in [1.29, 1.82) is 0 Å². The van der Waals surface area contributed by atoms with E-state index in [-0.39, 0.29) is 17.8 Å². The van der Waals surface area contributed by atoms with Gasteiger partial charge in [-0.15, -0.1) is 0 Å². The number of carbonyl (C=O) groups excluding carboxylic acids is 1. The van der Waals surface area contributed by atoms with Gasteiger partial charge in [-0.05, 0) is 36.4 Å². The van der Waals surface area contributed by atoms with E-state index in [1.54, 1.807) is 4.90 Å². The summed E-state index contributed by atoms with van der Waals surface area (Å²) in [5.74, 6) is 1.37. The fourth-order valence-electron chi connectivity index (χ4n) is 3.82. The normalized spacial score (nSPS) is 19.1. The molecule has 2 aliphatic rings. The van der Waals surface area contributed by atoms with Crippen molar-refractivity contribution >= 4 is 11.6 Å². The van der Waals surface area contributed by atoms with Gasteiger partial charge in [0.15, 0.2) is 24.1 Å². The van der Waals surface area contributed by atoms with E-state index in [4.69, 9.17) is 9.47 Å². The summed E-state index contributed by atoms with van der Waals surface area (Å²) in [4.78, 5) is 17.9. The second kappa shape index (κ2) is 8.69. The standard InChI is InChI=1S/C22H26FN3O3/c1-24(14-19-16-28-20-4-2-3-5-21(20)29-19)22(27)15-25-10-12-26(13-11-25)18-8-6-17(23)7-9-18/h2-9,19H,10-16H2,1H3/p+1/t19-/m1/s1. The number of rotatable bonds is 5. The zero-order valence-electron chi connectivity index (χ0n) is 16.6. The Morgan fingerprint density at radius 2 is 1.83 bits per heavy atom. The minimum atomic E-state index is -0.220. The number of nitrogens with zero attached hydrogens (tertiary/aromatic N) is 2. The number of likely N-dealkylation sites (N-methyl/N-ethyl adjacent to an activating group) is 1. The van der Waals surface area contributed by atoms with Crippen molar-refractivity contribution in [2.45, 2.75) is 6.10 Å². The molecule has 0 saturated carbocycles. The molecule has 4 rings (SSSR count). The molecule has 0 aliphatic carbocycles. The number of para-hydroxylation sites is 2.